The molecule has 2 N–H and O–H groups in total. The van der Waals surface area contributed by atoms with Crippen LogP contribution in [-0.2, 0) is 9.59 Å². The number of carbonyl (C=O) groups is 2. The molecule has 7 heteroatoms. The molecule has 0 aromatic heterocycles. The number of amides is 1. The van der Waals surface area contributed by atoms with Crippen LogP contribution in [0.3, 0.4) is 0 Å². The van der Waals surface area contributed by atoms with Gasteiger partial charge in [-0.05, 0) is 17.5 Å². The monoisotopic (exact) mass is 432 g/mol. The maximum absolute atomic E-state index is 12.2. The van der Waals surface area contributed by atoms with Gasteiger partial charge in [-0.25, -0.2) is 0 Å². The fraction of sp³-hybridized carbons (Fsp3) is 0.320. The van der Waals surface area contributed by atoms with Crippen molar-refractivity contribution in [2.45, 2.75) is 18.9 Å². The molecule has 1 heterocycles. The number of carboxylic acid groups (broad SMARTS) is 1. The third kappa shape index (κ3) is 6.43. The summed E-state index contributed by atoms with van der Waals surface area (Å²) in [6.45, 7) is 3.23. The molecule has 1 amide bonds. The highest BCUT2D eigenvalue weighted by atomic mass is 16.4. The van der Waals surface area contributed by atoms with E-state index in [1.54, 1.807) is 6.20 Å². The number of carbonyl (C=O) groups excluding carboxylic acids is 1. The van der Waals surface area contributed by atoms with Gasteiger partial charge in [0.2, 0.25) is 0 Å². The largest absolute Gasteiger partial charge is 0.481 e. The van der Waals surface area contributed by atoms with Crippen LogP contribution in [0, 0.1) is 11.3 Å². The van der Waals surface area contributed by atoms with E-state index in [2.05, 4.69) is 58.7 Å². The smallest absolute Gasteiger partial charge is 0.303 e. The maximum atomic E-state index is 12.2. The highest BCUT2D eigenvalue weighted by Crippen LogP contribution is 2.29. The van der Waals surface area contributed by atoms with E-state index in [1.807, 2.05) is 23.1 Å². The van der Waals surface area contributed by atoms with Crippen molar-refractivity contribution in [2.75, 3.05) is 32.7 Å². The van der Waals surface area contributed by atoms with Gasteiger partial charge < -0.3 is 15.3 Å². The number of nitrogens with zero attached hydrogens (tertiary/aromatic N) is 3. The highest BCUT2D eigenvalue weighted by Gasteiger charge is 2.26. The zero-order chi connectivity index (χ0) is 22.8. The van der Waals surface area contributed by atoms with Gasteiger partial charge in [0.05, 0.1) is 6.04 Å². The number of nitriles is 1. The van der Waals surface area contributed by atoms with Crippen LogP contribution in [0.5, 0.6) is 0 Å². The normalized spacial score (nSPS) is 14.8. The van der Waals surface area contributed by atoms with E-state index in [0.717, 1.165) is 13.1 Å². The molecule has 0 unspecified atom stereocenters. The first-order chi connectivity index (χ1) is 15.6. The van der Waals surface area contributed by atoms with Crippen LogP contribution in [0.1, 0.15) is 30.0 Å². The van der Waals surface area contributed by atoms with Crippen molar-refractivity contribution in [3.8, 4) is 6.07 Å². The molecule has 0 saturated carbocycles. The molecular weight excluding hydrogens is 404 g/mol. The molecule has 3 rings (SSSR count). The standard InChI is InChI=1S/C25H28N4O3/c26-18-22(25(32)27-13-7-12-23(30)31)19-28-14-16-29(17-15-28)24(20-8-3-1-4-9-20)21-10-5-2-6-11-21/h1-6,8-11,19,24H,7,12-17H2,(H,27,32)(H,30,31)/b22-19-. The molecule has 0 radical (unpaired) electrons. The van der Waals surface area contributed by atoms with Gasteiger partial charge in [-0.2, -0.15) is 5.26 Å². The average molecular weight is 433 g/mol. The van der Waals surface area contributed by atoms with Gasteiger partial charge in [0.1, 0.15) is 11.6 Å². The van der Waals surface area contributed by atoms with Crippen LogP contribution in [-0.4, -0.2) is 59.5 Å². The van der Waals surface area contributed by atoms with Gasteiger partial charge in [-0.1, -0.05) is 60.7 Å². The molecule has 0 bridgehead atoms. The zero-order valence-electron chi connectivity index (χ0n) is 18.0. The van der Waals surface area contributed by atoms with Crippen LogP contribution in [0.4, 0.5) is 0 Å². The summed E-state index contributed by atoms with van der Waals surface area (Å²) in [5, 5.41) is 20.7. The summed E-state index contributed by atoms with van der Waals surface area (Å²) in [7, 11) is 0. The van der Waals surface area contributed by atoms with E-state index in [4.69, 9.17) is 5.11 Å². The molecule has 2 aromatic carbocycles. The minimum atomic E-state index is -0.905. The number of hydrogen-bond acceptors (Lipinski definition) is 5. The Hall–Kier alpha value is -3.63. The van der Waals surface area contributed by atoms with Crippen LogP contribution < -0.4 is 5.32 Å². The van der Waals surface area contributed by atoms with Gasteiger partial charge in [0.15, 0.2) is 0 Å². The molecule has 7 nitrogen and oxygen atoms in total. The van der Waals surface area contributed by atoms with Gasteiger partial charge in [0.25, 0.3) is 5.91 Å². The number of hydrogen-bond donors (Lipinski definition) is 2. The van der Waals surface area contributed by atoms with Crippen molar-refractivity contribution in [3.63, 3.8) is 0 Å². The summed E-state index contributed by atoms with van der Waals surface area (Å²) in [4.78, 5) is 27.2. The summed E-state index contributed by atoms with van der Waals surface area (Å²) < 4.78 is 0. The number of rotatable bonds is 9. The van der Waals surface area contributed by atoms with Gasteiger partial charge >= 0.3 is 5.97 Å². The maximum Gasteiger partial charge on any atom is 0.303 e. The average Bonchev–Trinajstić information content (AvgIpc) is 2.82. The summed E-state index contributed by atoms with van der Waals surface area (Å²) in [6, 6.07) is 22.9. The van der Waals surface area contributed by atoms with Gasteiger partial charge in [-0.3, -0.25) is 14.5 Å². The molecular formula is C25H28N4O3. The summed E-state index contributed by atoms with van der Waals surface area (Å²) >= 11 is 0. The lowest BCUT2D eigenvalue weighted by Crippen LogP contribution is -2.46. The van der Waals surface area contributed by atoms with E-state index in [1.165, 1.54) is 11.1 Å². The van der Waals surface area contributed by atoms with Gasteiger partial charge in [-0.15, -0.1) is 0 Å². The molecule has 1 fully saturated rings. The van der Waals surface area contributed by atoms with Crippen molar-refractivity contribution < 1.29 is 14.7 Å². The van der Waals surface area contributed by atoms with Crippen molar-refractivity contribution in [1.29, 1.82) is 5.26 Å². The first-order valence-electron chi connectivity index (χ1n) is 10.8. The minimum absolute atomic E-state index is 0.0160. The van der Waals surface area contributed by atoms with Crippen LogP contribution >= 0.6 is 0 Å². The van der Waals surface area contributed by atoms with Crippen LogP contribution in [0.2, 0.25) is 0 Å². The Kier molecular flexibility index (Phi) is 8.41. The molecule has 1 saturated heterocycles. The second kappa shape index (κ2) is 11.7. The molecule has 0 aliphatic carbocycles. The molecule has 166 valence electrons. The Labute approximate surface area is 188 Å². The van der Waals surface area contributed by atoms with Crippen molar-refractivity contribution in [2.24, 2.45) is 0 Å². The lowest BCUT2D eigenvalue weighted by Gasteiger charge is -2.39. The van der Waals surface area contributed by atoms with E-state index in [9.17, 15) is 14.9 Å². The number of piperazine rings is 1. The fourth-order valence-corrected chi connectivity index (χ4v) is 3.87. The third-order valence-electron chi connectivity index (χ3n) is 5.47. The van der Waals surface area contributed by atoms with Crippen molar-refractivity contribution in [3.05, 3.63) is 83.6 Å². The zero-order valence-corrected chi connectivity index (χ0v) is 18.0. The number of nitrogens with one attached hydrogen (secondary N) is 1. The predicted octanol–water partition coefficient (Wildman–Crippen LogP) is 2.78. The quantitative estimate of drug-likeness (QED) is 0.359. The summed E-state index contributed by atoms with van der Waals surface area (Å²) in [5.41, 5.74) is 2.51. The van der Waals surface area contributed by atoms with Crippen molar-refractivity contribution >= 4 is 11.9 Å². The Morgan fingerprint density at radius 3 is 2.06 bits per heavy atom. The third-order valence-corrected chi connectivity index (χ3v) is 5.47. The number of carboxylic acids is 1. The first kappa shape index (κ1) is 23.0. The molecule has 1 aliphatic heterocycles. The van der Waals surface area contributed by atoms with Crippen LogP contribution in [0.15, 0.2) is 72.4 Å². The predicted molar refractivity (Wildman–Crippen MR) is 121 cm³/mol. The molecule has 2 aromatic rings. The Balaban J connectivity index is 1.63. The summed E-state index contributed by atoms with van der Waals surface area (Å²) in [5.74, 6) is -1.37. The first-order valence-corrected chi connectivity index (χ1v) is 10.8. The number of benzene rings is 2. The topological polar surface area (TPSA) is 96.7 Å². The Morgan fingerprint density at radius 2 is 1.56 bits per heavy atom. The van der Waals surface area contributed by atoms with E-state index in [0.29, 0.717) is 19.5 Å². The van der Waals surface area contributed by atoms with Gasteiger partial charge in [0, 0.05) is 45.3 Å². The SMILES string of the molecule is N#C/C(=C/N1CCN(C(c2ccccc2)c2ccccc2)CC1)C(=O)NCCCC(=O)O. The lowest BCUT2D eigenvalue weighted by molar-refractivity contribution is -0.137. The second-order valence-electron chi connectivity index (χ2n) is 7.70. The Bertz CT molecular complexity index is 922. The molecule has 32 heavy (non-hydrogen) atoms. The fourth-order valence-electron chi connectivity index (χ4n) is 3.87. The summed E-state index contributed by atoms with van der Waals surface area (Å²) in [6.07, 6.45) is 1.93. The minimum Gasteiger partial charge on any atom is -0.481 e. The van der Waals surface area contributed by atoms with Crippen LogP contribution in [0.25, 0.3) is 0 Å². The molecule has 0 spiro atoms. The van der Waals surface area contributed by atoms with Crippen molar-refractivity contribution in [1.82, 2.24) is 15.1 Å². The Morgan fingerprint density at radius 1 is 1.00 bits per heavy atom. The second-order valence-corrected chi connectivity index (χ2v) is 7.70. The highest BCUT2D eigenvalue weighted by molar-refractivity contribution is 5.97. The van der Waals surface area contributed by atoms with E-state index in [-0.39, 0.29) is 24.6 Å². The van der Waals surface area contributed by atoms with E-state index >= 15 is 0 Å². The number of aliphatic carboxylic acids is 1. The lowest BCUT2D eigenvalue weighted by atomic mass is 9.96. The molecule has 1 aliphatic rings. The molecule has 0 atom stereocenters. The van der Waals surface area contributed by atoms with E-state index < -0.39 is 11.9 Å².